The topological polar surface area (TPSA) is 85.1 Å². The second-order valence-electron chi connectivity index (χ2n) is 9.02. The van der Waals surface area contributed by atoms with E-state index < -0.39 is 29.8 Å². The predicted molar refractivity (Wildman–Crippen MR) is 126 cm³/mol. The summed E-state index contributed by atoms with van der Waals surface area (Å²) < 4.78 is 44.0. The highest BCUT2D eigenvalue weighted by Crippen LogP contribution is 2.41. The highest BCUT2D eigenvalue weighted by molar-refractivity contribution is 6.01. The Kier molecular flexibility index (Phi) is 5.57. The number of hydrogen-bond acceptors (Lipinski definition) is 4. The molecule has 1 fully saturated rings. The van der Waals surface area contributed by atoms with E-state index >= 15 is 0 Å². The van der Waals surface area contributed by atoms with E-state index in [4.69, 9.17) is 0 Å². The van der Waals surface area contributed by atoms with Crippen LogP contribution in [0.5, 0.6) is 0 Å². The van der Waals surface area contributed by atoms with E-state index in [1.165, 1.54) is 17.0 Å². The standard InChI is InChI=1S/C25H23F3N6O2/c1-14-21(30-24(36)25(2,27)28)22(19-10-11-32(3)31-19)33(23(14)35)18-8-9-20-15(12-18)13-29-34(20)17-6-4-16(26)5-7-17/h4-14,21-22H,1-3H3,(H,30,36)/t14?,21-,22?/m0/s1. The highest BCUT2D eigenvalue weighted by atomic mass is 19.3. The van der Waals surface area contributed by atoms with Gasteiger partial charge >= 0.3 is 5.92 Å². The van der Waals surface area contributed by atoms with E-state index in [2.05, 4.69) is 15.5 Å². The van der Waals surface area contributed by atoms with Gasteiger partial charge in [-0.05, 0) is 48.5 Å². The van der Waals surface area contributed by atoms with Gasteiger partial charge in [0.25, 0.3) is 5.91 Å². The summed E-state index contributed by atoms with van der Waals surface area (Å²) in [6, 6.07) is 11.1. The Labute approximate surface area is 204 Å². The molecule has 11 heteroatoms. The minimum Gasteiger partial charge on any atom is -0.345 e. The van der Waals surface area contributed by atoms with Crippen molar-refractivity contribution in [3.05, 3.63) is 72.4 Å². The predicted octanol–water partition coefficient (Wildman–Crippen LogP) is 3.76. The molecule has 2 unspecified atom stereocenters. The number of nitrogens with one attached hydrogen (secondary N) is 1. The number of aryl methyl sites for hydroxylation is 1. The van der Waals surface area contributed by atoms with Gasteiger partial charge in [0.1, 0.15) is 11.9 Å². The van der Waals surface area contributed by atoms with Crippen LogP contribution in [0.3, 0.4) is 0 Å². The molecule has 1 saturated heterocycles. The van der Waals surface area contributed by atoms with E-state index in [0.717, 1.165) is 5.52 Å². The average Bonchev–Trinajstić information content (AvgIpc) is 3.51. The van der Waals surface area contributed by atoms with Crippen molar-refractivity contribution in [1.29, 1.82) is 0 Å². The number of rotatable bonds is 5. The number of benzene rings is 2. The zero-order valence-corrected chi connectivity index (χ0v) is 19.7. The number of carbonyl (C=O) groups excluding carboxylic acids is 2. The number of alkyl halides is 2. The second kappa shape index (κ2) is 8.51. The number of amides is 2. The van der Waals surface area contributed by atoms with E-state index in [-0.39, 0.29) is 11.7 Å². The Balaban J connectivity index is 1.56. The number of fused-ring (bicyclic) bond motifs is 1. The lowest BCUT2D eigenvalue weighted by molar-refractivity contribution is -0.144. The third-order valence-corrected chi connectivity index (χ3v) is 6.42. The molecule has 0 bridgehead atoms. The normalized spacial score (nSPS) is 20.3. The van der Waals surface area contributed by atoms with Crippen LogP contribution in [0, 0.1) is 11.7 Å². The van der Waals surface area contributed by atoms with Gasteiger partial charge in [-0.15, -0.1) is 0 Å². The molecule has 4 aromatic rings. The molecule has 2 aromatic heterocycles. The molecule has 0 radical (unpaired) electrons. The molecule has 8 nitrogen and oxygen atoms in total. The van der Waals surface area contributed by atoms with Gasteiger partial charge in [-0.1, -0.05) is 6.92 Å². The molecule has 0 saturated carbocycles. The Hall–Kier alpha value is -4.15. The maximum atomic E-state index is 13.7. The summed E-state index contributed by atoms with van der Waals surface area (Å²) in [7, 11) is 1.71. The van der Waals surface area contributed by atoms with Gasteiger partial charge in [0.05, 0.1) is 35.1 Å². The molecule has 1 aliphatic heterocycles. The second-order valence-corrected chi connectivity index (χ2v) is 9.02. The van der Waals surface area contributed by atoms with Crippen LogP contribution >= 0.6 is 0 Å². The van der Waals surface area contributed by atoms with Crippen molar-refractivity contribution in [3.63, 3.8) is 0 Å². The van der Waals surface area contributed by atoms with Gasteiger partial charge in [-0.3, -0.25) is 14.3 Å². The molecular weight excluding hydrogens is 473 g/mol. The number of anilines is 1. The van der Waals surface area contributed by atoms with Crippen LogP contribution in [-0.4, -0.2) is 43.3 Å². The van der Waals surface area contributed by atoms with Crippen LogP contribution in [-0.2, 0) is 16.6 Å². The molecule has 2 amide bonds. The number of nitrogens with zero attached hydrogens (tertiary/aromatic N) is 5. The van der Waals surface area contributed by atoms with Gasteiger partial charge in [0, 0.05) is 31.2 Å². The fourth-order valence-corrected chi connectivity index (χ4v) is 4.58. The zero-order valence-electron chi connectivity index (χ0n) is 19.7. The highest BCUT2D eigenvalue weighted by Gasteiger charge is 2.50. The Morgan fingerprint density at radius 2 is 1.78 bits per heavy atom. The van der Waals surface area contributed by atoms with Crippen molar-refractivity contribution < 1.29 is 22.8 Å². The van der Waals surface area contributed by atoms with Crippen LogP contribution < -0.4 is 10.2 Å². The zero-order chi connectivity index (χ0) is 25.8. The minimum atomic E-state index is -3.60. The van der Waals surface area contributed by atoms with E-state index in [9.17, 15) is 22.8 Å². The smallest absolute Gasteiger partial charge is 0.321 e. The third kappa shape index (κ3) is 4.00. The maximum absolute atomic E-state index is 13.7. The Morgan fingerprint density at radius 3 is 2.42 bits per heavy atom. The Bertz CT molecular complexity index is 1460. The monoisotopic (exact) mass is 496 g/mol. The van der Waals surface area contributed by atoms with Crippen LogP contribution in [0.25, 0.3) is 16.6 Å². The van der Waals surface area contributed by atoms with Crippen LogP contribution in [0.4, 0.5) is 18.9 Å². The maximum Gasteiger partial charge on any atom is 0.321 e. The molecule has 186 valence electrons. The number of halogens is 3. The molecule has 3 atom stereocenters. The first-order chi connectivity index (χ1) is 17.0. The van der Waals surface area contributed by atoms with Crippen molar-refractivity contribution >= 4 is 28.4 Å². The number of aromatic nitrogens is 4. The number of hydrogen-bond donors (Lipinski definition) is 1. The molecule has 2 aromatic carbocycles. The summed E-state index contributed by atoms with van der Waals surface area (Å²) in [6.45, 7) is 2.12. The molecular formula is C25H23F3N6O2. The quantitative estimate of drug-likeness (QED) is 0.456. The van der Waals surface area contributed by atoms with Gasteiger partial charge in [0.2, 0.25) is 5.91 Å². The van der Waals surface area contributed by atoms with E-state index in [1.807, 2.05) is 0 Å². The lowest BCUT2D eigenvalue weighted by Gasteiger charge is -2.28. The largest absolute Gasteiger partial charge is 0.345 e. The SMILES string of the molecule is CC1C(=O)N(c2ccc3c(cnn3-c3ccc(F)cc3)c2)C(c2ccn(C)n2)[C@H]1NC(=O)C(C)(F)F. The summed E-state index contributed by atoms with van der Waals surface area (Å²) in [4.78, 5) is 27.1. The Morgan fingerprint density at radius 1 is 1.08 bits per heavy atom. The summed E-state index contributed by atoms with van der Waals surface area (Å²) in [5.41, 5.74) is 2.37. The van der Waals surface area contributed by atoms with Gasteiger partial charge < -0.3 is 10.2 Å². The number of carbonyl (C=O) groups is 2. The first-order valence-corrected chi connectivity index (χ1v) is 11.3. The fraction of sp³-hybridized carbons (Fsp3) is 0.280. The fourth-order valence-electron chi connectivity index (χ4n) is 4.58. The first kappa shape index (κ1) is 23.6. The van der Waals surface area contributed by atoms with E-state index in [1.54, 1.807) is 72.1 Å². The van der Waals surface area contributed by atoms with Crippen molar-refractivity contribution in [2.45, 2.75) is 31.9 Å². The van der Waals surface area contributed by atoms with Crippen molar-refractivity contribution in [2.75, 3.05) is 4.90 Å². The van der Waals surface area contributed by atoms with Gasteiger partial charge in [-0.25, -0.2) is 9.07 Å². The molecule has 36 heavy (non-hydrogen) atoms. The molecule has 5 rings (SSSR count). The van der Waals surface area contributed by atoms with Crippen molar-refractivity contribution in [2.24, 2.45) is 13.0 Å². The van der Waals surface area contributed by atoms with Crippen LogP contribution in [0.2, 0.25) is 0 Å². The lowest BCUT2D eigenvalue weighted by atomic mass is 9.97. The molecule has 1 N–H and O–H groups in total. The average molecular weight is 496 g/mol. The minimum absolute atomic E-state index is 0.333. The summed E-state index contributed by atoms with van der Waals surface area (Å²) in [5, 5.41) is 11.9. The first-order valence-electron chi connectivity index (χ1n) is 11.3. The van der Waals surface area contributed by atoms with Gasteiger partial charge in [-0.2, -0.15) is 19.0 Å². The summed E-state index contributed by atoms with van der Waals surface area (Å²) >= 11 is 0. The van der Waals surface area contributed by atoms with Crippen molar-refractivity contribution in [3.8, 4) is 5.69 Å². The van der Waals surface area contributed by atoms with Crippen LogP contribution in [0.15, 0.2) is 60.9 Å². The summed E-state index contributed by atoms with van der Waals surface area (Å²) in [6.07, 6.45) is 3.31. The molecule has 3 heterocycles. The van der Waals surface area contributed by atoms with Crippen molar-refractivity contribution in [1.82, 2.24) is 24.9 Å². The van der Waals surface area contributed by atoms with E-state index in [0.29, 0.717) is 29.4 Å². The molecule has 0 aliphatic carbocycles. The molecule has 0 spiro atoms. The summed E-state index contributed by atoms with van der Waals surface area (Å²) in [5.74, 6) is -6.52. The van der Waals surface area contributed by atoms with Crippen LogP contribution in [0.1, 0.15) is 25.6 Å². The lowest BCUT2D eigenvalue weighted by Crippen LogP contribution is -2.48. The third-order valence-electron chi connectivity index (χ3n) is 6.42. The van der Waals surface area contributed by atoms with Gasteiger partial charge in [0.15, 0.2) is 0 Å². The molecule has 1 aliphatic rings.